The molecule has 0 saturated heterocycles. The number of sulfone groups is 1. The van der Waals surface area contributed by atoms with Crippen molar-refractivity contribution in [2.75, 3.05) is 17.6 Å². The fourth-order valence-electron chi connectivity index (χ4n) is 2.64. The maximum Gasteiger partial charge on any atom is 0.178 e. The number of benzene rings is 1. The van der Waals surface area contributed by atoms with Crippen LogP contribution in [-0.4, -0.2) is 20.7 Å². The molecule has 0 aliphatic rings. The first-order valence-corrected chi connectivity index (χ1v) is 9.49. The molecule has 1 N–H and O–H groups in total. The van der Waals surface area contributed by atoms with E-state index in [-0.39, 0.29) is 5.75 Å². The second kappa shape index (κ2) is 7.83. The molecule has 1 aromatic carbocycles. The zero-order valence-corrected chi connectivity index (χ0v) is 14.7. The molecular formula is C17H29NO2S. The van der Waals surface area contributed by atoms with Crippen LogP contribution in [0.25, 0.3) is 0 Å². The zero-order valence-electron chi connectivity index (χ0n) is 13.9. The molecule has 0 atom stereocenters. The molecule has 0 unspecified atom stereocenters. The van der Waals surface area contributed by atoms with E-state index in [2.05, 4.69) is 33.0 Å². The summed E-state index contributed by atoms with van der Waals surface area (Å²) in [6, 6.07) is 7.13. The topological polar surface area (TPSA) is 46.2 Å². The van der Waals surface area contributed by atoms with E-state index < -0.39 is 9.84 Å². The lowest BCUT2D eigenvalue weighted by Crippen LogP contribution is -2.24. The Bertz CT molecular complexity index is 510. The minimum Gasteiger partial charge on any atom is -0.385 e. The molecule has 0 aliphatic heterocycles. The van der Waals surface area contributed by atoms with Gasteiger partial charge in [0.1, 0.15) is 0 Å². The molecule has 0 aromatic heterocycles. The van der Waals surface area contributed by atoms with Crippen LogP contribution in [0.4, 0.5) is 5.69 Å². The first kappa shape index (κ1) is 18.0. The van der Waals surface area contributed by atoms with Crippen molar-refractivity contribution < 1.29 is 8.42 Å². The van der Waals surface area contributed by atoms with Crippen molar-refractivity contribution in [3.63, 3.8) is 0 Å². The van der Waals surface area contributed by atoms with Gasteiger partial charge in [0.15, 0.2) is 9.84 Å². The van der Waals surface area contributed by atoms with Crippen molar-refractivity contribution >= 4 is 15.5 Å². The number of rotatable bonds is 8. The molecule has 0 saturated carbocycles. The summed E-state index contributed by atoms with van der Waals surface area (Å²) in [5.74, 6) is 2.07. The van der Waals surface area contributed by atoms with E-state index in [1.165, 1.54) is 0 Å². The first-order chi connectivity index (χ1) is 9.77. The minimum absolute atomic E-state index is 0.211. The summed E-state index contributed by atoms with van der Waals surface area (Å²) in [4.78, 5) is 0.416. The predicted molar refractivity (Wildman–Crippen MR) is 90.4 cm³/mol. The fraction of sp³-hybridized carbons (Fsp3) is 0.647. The molecular weight excluding hydrogens is 282 g/mol. The van der Waals surface area contributed by atoms with Crippen LogP contribution in [-0.2, 0) is 9.84 Å². The van der Waals surface area contributed by atoms with Gasteiger partial charge in [-0.2, -0.15) is 0 Å². The van der Waals surface area contributed by atoms with Gasteiger partial charge < -0.3 is 5.32 Å². The van der Waals surface area contributed by atoms with E-state index in [0.29, 0.717) is 29.1 Å². The lowest BCUT2D eigenvalue weighted by Gasteiger charge is -2.25. The largest absolute Gasteiger partial charge is 0.385 e. The highest BCUT2D eigenvalue weighted by Gasteiger charge is 2.17. The van der Waals surface area contributed by atoms with Crippen LogP contribution >= 0.6 is 0 Å². The third-order valence-electron chi connectivity index (χ3n) is 3.94. The number of hydrogen-bond acceptors (Lipinski definition) is 3. The van der Waals surface area contributed by atoms with Gasteiger partial charge in [0.25, 0.3) is 0 Å². The molecule has 120 valence electrons. The van der Waals surface area contributed by atoms with E-state index in [1.54, 1.807) is 12.1 Å². The summed E-state index contributed by atoms with van der Waals surface area (Å²) in [5.41, 5.74) is 0.983. The molecule has 0 heterocycles. The average Bonchev–Trinajstić information content (AvgIpc) is 2.38. The van der Waals surface area contributed by atoms with Crippen molar-refractivity contribution in [2.45, 2.75) is 45.9 Å². The number of hydrogen-bond donors (Lipinski definition) is 1. The van der Waals surface area contributed by atoms with Crippen molar-refractivity contribution in [3.8, 4) is 0 Å². The van der Waals surface area contributed by atoms with Crippen LogP contribution in [0.3, 0.4) is 0 Å². The molecule has 0 bridgehead atoms. The second-order valence-corrected chi connectivity index (χ2v) is 8.49. The quantitative estimate of drug-likeness (QED) is 0.782. The third kappa shape index (κ3) is 5.34. The molecule has 1 rings (SSSR count). The molecule has 1 aromatic rings. The van der Waals surface area contributed by atoms with Crippen LogP contribution in [0.15, 0.2) is 29.2 Å². The SMILES string of the molecule is CCCS(=O)(=O)c1ccc(NCC(C(C)C)C(C)C)cc1. The van der Waals surface area contributed by atoms with Gasteiger partial charge in [0.05, 0.1) is 10.6 Å². The highest BCUT2D eigenvalue weighted by atomic mass is 32.2. The minimum atomic E-state index is -3.11. The van der Waals surface area contributed by atoms with E-state index in [1.807, 2.05) is 19.1 Å². The Hall–Kier alpha value is -1.03. The summed E-state index contributed by atoms with van der Waals surface area (Å²) >= 11 is 0. The summed E-state index contributed by atoms with van der Waals surface area (Å²) in [7, 11) is -3.11. The molecule has 0 amide bonds. The van der Waals surface area contributed by atoms with Gasteiger partial charge in [-0.25, -0.2) is 8.42 Å². The molecule has 21 heavy (non-hydrogen) atoms. The van der Waals surface area contributed by atoms with E-state index >= 15 is 0 Å². The highest BCUT2D eigenvalue weighted by Crippen LogP contribution is 2.22. The highest BCUT2D eigenvalue weighted by molar-refractivity contribution is 7.91. The van der Waals surface area contributed by atoms with Crippen LogP contribution in [0.5, 0.6) is 0 Å². The molecule has 0 fully saturated rings. The van der Waals surface area contributed by atoms with Gasteiger partial charge in [0.2, 0.25) is 0 Å². The smallest absolute Gasteiger partial charge is 0.178 e. The Labute approximate surface area is 130 Å². The van der Waals surface area contributed by atoms with E-state index in [0.717, 1.165) is 12.2 Å². The average molecular weight is 311 g/mol. The Morgan fingerprint density at radius 1 is 1.00 bits per heavy atom. The first-order valence-electron chi connectivity index (χ1n) is 7.84. The number of nitrogens with one attached hydrogen (secondary N) is 1. The lowest BCUT2D eigenvalue weighted by molar-refractivity contribution is 0.304. The van der Waals surface area contributed by atoms with Gasteiger partial charge >= 0.3 is 0 Å². The van der Waals surface area contributed by atoms with Gasteiger partial charge in [-0.3, -0.25) is 0 Å². The lowest BCUT2D eigenvalue weighted by atomic mass is 9.85. The molecule has 3 nitrogen and oxygen atoms in total. The number of anilines is 1. The van der Waals surface area contributed by atoms with Crippen LogP contribution in [0.2, 0.25) is 0 Å². The summed E-state index contributed by atoms with van der Waals surface area (Å²) < 4.78 is 23.9. The summed E-state index contributed by atoms with van der Waals surface area (Å²) in [6.45, 7) is 11.8. The van der Waals surface area contributed by atoms with Crippen LogP contribution < -0.4 is 5.32 Å². The summed E-state index contributed by atoms with van der Waals surface area (Å²) in [5, 5.41) is 3.42. The zero-order chi connectivity index (χ0) is 16.0. The van der Waals surface area contributed by atoms with Gasteiger partial charge in [-0.15, -0.1) is 0 Å². The van der Waals surface area contributed by atoms with E-state index in [9.17, 15) is 8.42 Å². The predicted octanol–water partition coefficient (Wildman–Crippen LogP) is 4.21. The Balaban J connectivity index is 2.71. The maximum absolute atomic E-state index is 12.0. The van der Waals surface area contributed by atoms with Gasteiger partial charge in [0, 0.05) is 12.2 Å². The normalized spacial score (nSPS) is 12.4. The Morgan fingerprint density at radius 3 is 1.95 bits per heavy atom. The third-order valence-corrected chi connectivity index (χ3v) is 5.88. The fourth-order valence-corrected chi connectivity index (χ4v) is 3.97. The van der Waals surface area contributed by atoms with Crippen LogP contribution in [0.1, 0.15) is 41.0 Å². The van der Waals surface area contributed by atoms with E-state index in [4.69, 9.17) is 0 Å². The Kier molecular flexibility index (Phi) is 6.72. The standard InChI is InChI=1S/C17H29NO2S/c1-6-11-21(19,20)16-9-7-15(8-10-16)18-12-17(13(2)3)14(4)5/h7-10,13-14,17-18H,6,11-12H2,1-5H3. The van der Waals surface area contributed by atoms with Gasteiger partial charge in [-0.1, -0.05) is 34.6 Å². The molecule has 4 heteroatoms. The molecule has 0 aliphatic carbocycles. The summed E-state index contributed by atoms with van der Waals surface area (Å²) in [6.07, 6.45) is 0.646. The van der Waals surface area contributed by atoms with Crippen molar-refractivity contribution in [2.24, 2.45) is 17.8 Å². The maximum atomic E-state index is 12.0. The Morgan fingerprint density at radius 2 is 1.52 bits per heavy atom. The second-order valence-electron chi connectivity index (χ2n) is 6.38. The monoisotopic (exact) mass is 311 g/mol. The molecule has 0 spiro atoms. The van der Waals surface area contributed by atoms with Gasteiger partial charge in [-0.05, 0) is 48.4 Å². The van der Waals surface area contributed by atoms with Crippen molar-refractivity contribution in [3.05, 3.63) is 24.3 Å². The van der Waals surface area contributed by atoms with Crippen LogP contribution in [0, 0.1) is 17.8 Å². The molecule has 0 radical (unpaired) electrons. The van der Waals surface area contributed by atoms with Crippen molar-refractivity contribution in [1.29, 1.82) is 0 Å². The van der Waals surface area contributed by atoms with Crippen molar-refractivity contribution in [1.82, 2.24) is 0 Å².